The van der Waals surface area contributed by atoms with Crippen molar-refractivity contribution in [2.45, 2.75) is 24.9 Å². The van der Waals surface area contributed by atoms with Crippen LogP contribution < -0.4 is 0 Å². The Balaban J connectivity index is 1.75. The quantitative estimate of drug-likeness (QED) is 0.779. The third-order valence-electron chi connectivity index (χ3n) is 4.22. The van der Waals surface area contributed by atoms with E-state index in [4.69, 9.17) is 0 Å². The van der Waals surface area contributed by atoms with E-state index >= 15 is 0 Å². The highest BCUT2D eigenvalue weighted by molar-refractivity contribution is 5.93. The van der Waals surface area contributed by atoms with Gasteiger partial charge in [0.05, 0.1) is 12.1 Å². The normalized spacial score (nSPS) is 23.5. The van der Waals surface area contributed by atoms with Gasteiger partial charge < -0.3 is 4.90 Å². The van der Waals surface area contributed by atoms with Gasteiger partial charge in [-0.3, -0.25) is 9.78 Å². The number of aromatic nitrogens is 1. The number of carbonyl (C=O) groups excluding carboxylic acids is 1. The second kappa shape index (κ2) is 3.92. The fourth-order valence-electron chi connectivity index (χ4n) is 3.44. The van der Waals surface area contributed by atoms with Gasteiger partial charge in [-0.05, 0) is 36.1 Å². The van der Waals surface area contributed by atoms with Gasteiger partial charge in [-0.1, -0.05) is 30.3 Å². The summed E-state index contributed by atoms with van der Waals surface area (Å²) in [5.74, 6) is 0.0595. The molecule has 0 N–H and O–H groups in total. The van der Waals surface area contributed by atoms with Crippen LogP contribution >= 0.6 is 0 Å². The van der Waals surface area contributed by atoms with Crippen LogP contribution in [-0.2, 0) is 0 Å². The highest BCUT2D eigenvalue weighted by Crippen LogP contribution is 2.53. The van der Waals surface area contributed by atoms with Gasteiger partial charge in [0.2, 0.25) is 0 Å². The fourth-order valence-corrected chi connectivity index (χ4v) is 3.44. The summed E-state index contributed by atoms with van der Waals surface area (Å²) < 4.78 is 0. The van der Waals surface area contributed by atoms with E-state index < -0.39 is 0 Å². The second-order valence-electron chi connectivity index (χ2n) is 5.17. The first-order chi connectivity index (χ1) is 9.36. The molecular formula is C16H14N2O. The summed E-state index contributed by atoms with van der Waals surface area (Å²) in [5, 5.41) is 0. The smallest absolute Gasteiger partial charge is 0.273 e. The summed E-state index contributed by atoms with van der Waals surface area (Å²) in [6.45, 7) is 0. The summed E-state index contributed by atoms with van der Waals surface area (Å²) in [5.41, 5.74) is 3.19. The van der Waals surface area contributed by atoms with Crippen LogP contribution in [0.4, 0.5) is 0 Å². The average molecular weight is 250 g/mol. The molecule has 2 unspecified atom stereocenters. The van der Waals surface area contributed by atoms with E-state index in [2.05, 4.69) is 29.2 Å². The third-order valence-corrected chi connectivity index (χ3v) is 4.22. The van der Waals surface area contributed by atoms with Gasteiger partial charge in [-0.15, -0.1) is 0 Å². The molecule has 1 amide bonds. The molecule has 3 nitrogen and oxygen atoms in total. The third kappa shape index (κ3) is 1.44. The predicted molar refractivity (Wildman–Crippen MR) is 71.6 cm³/mol. The van der Waals surface area contributed by atoms with E-state index in [0.29, 0.717) is 5.69 Å². The zero-order chi connectivity index (χ0) is 12.8. The SMILES string of the molecule is O=C(c1ccccn1)N1C2CCC1c1ccccc12. The Labute approximate surface area is 111 Å². The number of fused-ring (bicyclic) bond motifs is 5. The minimum Gasteiger partial charge on any atom is -0.323 e. The number of hydrogen-bond acceptors (Lipinski definition) is 2. The highest BCUT2D eigenvalue weighted by atomic mass is 16.2. The topological polar surface area (TPSA) is 33.2 Å². The predicted octanol–water partition coefficient (Wildman–Crippen LogP) is 3.11. The maximum Gasteiger partial charge on any atom is 0.273 e. The van der Waals surface area contributed by atoms with Crippen LogP contribution in [0.3, 0.4) is 0 Å². The Bertz CT molecular complexity index is 607. The maximum absolute atomic E-state index is 12.6. The molecule has 2 bridgehead atoms. The summed E-state index contributed by atoms with van der Waals surface area (Å²) in [4.78, 5) is 18.9. The van der Waals surface area contributed by atoms with Crippen LogP contribution in [0, 0.1) is 0 Å². The summed E-state index contributed by atoms with van der Waals surface area (Å²) in [7, 11) is 0. The first-order valence-electron chi connectivity index (χ1n) is 6.69. The molecule has 1 saturated heterocycles. The van der Waals surface area contributed by atoms with Crippen LogP contribution in [0.15, 0.2) is 48.7 Å². The lowest BCUT2D eigenvalue weighted by atomic mass is 9.92. The molecule has 2 aliphatic rings. The molecule has 0 spiro atoms. The lowest BCUT2D eigenvalue weighted by molar-refractivity contribution is 0.0691. The first-order valence-corrected chi connectivity index (χ1v) is 6.69. The molecule has 3 heterocycles. The number of rotatable bonds is 1. The molecule has 2 atom stereocenters. The Morgan fingerprint density at radius 2 is 1.63 bits per heavy atom. The first kappa shape index (κ1) is 10.7. The molecule has 2 aromatic rings. The Morgan fingerprint density at radius 1 is 1.00 bits per heavy atom. The number of benzene rings is 1. The molecule has 3 heteroatoms. The minimum absolute atomic E-state index is 0.0595. The van der Waals surface area contributed by atoms with Gasteiger partial charge in [0.15, 0.2) is 0 Å². The van der Waals surface area contributed by atoms with Gasteiger partial charge >= 0.3 is 0 Å². The number of amides is 1. The highest BCUT2D eigenvalue weighted by Gasteiger charge is 2.46. The van der Waals surface area contributed by atoms with Gasteiger partial charge in [-0.25, -0.2) is 0 Å². The lowest BCUT2D eigenvalue weighted by Gasteiger charge is -2.22. The van der Waals surface area contributed by atoms with Crippen LogP contribution in [0.2, 0.25) is 0 Å². The van der Waals surface area contributed by atoms with E-state index in [1.54, 1.807) is 12.3 Å². The molecule has 1 fully saturated rings. The maximum atomic E-state index is 12.6. The van der Waals surface area contributed by atoms with Crippen molar-refractivity contribution in [2.75, 3.05) is 0 Å². The van der Waals surface area contributed by atoms with E-state index in [-0.39, 0.29) is 18.0 Å². The van der Waals surface area contributed by atoms with Crippen molar-refractivity contribution in [1.82, 2.24) is 9.88 Å². The number of pyridine rings is 1. The van der Waals surface area contributed by atoms with E-state index in [1.807, 2.05) is 17.0 Å². The molecule has 0 saturated carbocycles. The molecule has 1 aromatic carbocycles. The zero-order valence-electron chi connectivity index (χ0n) is 10.5. The van der Waals surface area contributed by atoms with Crippen molar-refractivity contribution in [3.8, 4) is 0 Å². The van der Waals surface area contributed by atoms with Crippen molar-refractivity contribution in [1.29, 1.82) is 0 Å². The monoisotopic (exact) mass is 250 g/mol. The summed E-state index contributed by atoms with van der Waals surface area (Å²) in [6.07, 6.45) is 3.82. The van der Waals surface area contributed by atoms with Crippen molar-refractivity contribution in [3.05, 3.63) is 65.5 Å². The standard InChI is InChI=1S/C16H14N2O/c19-16(13-7-3-4-10-17-13)18-14-8-9-15(18)12-6-2-1-5-11(12)14/h1-7,10,14-15H,8-9H2. The lowest BCUT2D eigenvalue weighted by Crippen LogP contribution is -2.28. The van der Waals surface area contributed by atoms with E-state index in [1.165, 1.54) is 11.1 Å². The fraction of sp³-hybridized carbons (Fsp3) is 0.250. The van der Waals surface area contributed by atoms with Crippen LogP contribution in [0.25, 0.3) is 0 Å². The molecule has 19 heavy (non-hydrogen) atoms. The van der Waals surface area contributed by atoms with Crippen molar-refractivity contribution >= 4 is 5.91 Å². The summed E-state index contributed by atoms with van der Waals surface area (Å²) in [6, 6.07) is 14.4. The van der Waals surface area contributed by atoms with Gasteiger partial charge in [0, 0.05) is 6.20 Å². The number of carbonyl (C=O) groups is 1. The van der Waals surface area contributed by atoms with Crippen molar-refractivity contribution < 1.29 is 4.79 Å². The minimum atomic E-state index is 0.0595. The molecule has 0 radical (unpaired) electrons. The van der Waals surface area contributed by atoms with Gasteiger partial charge in [-0.2, -0.15) is 0 Å². The van der Waals surface area contributed by atoms with Crippen LogP contribution in [0.5, 0.6) is 0 Å². The Hall–Kier alpha value is -2.16. The largest absolute Gasteiger partial charge is 0.323 e. The Morgan fingerprint density at radius 3 is 2.21 bits per heavy atom. The second-order valence-corrected chi connectivity index (χ2v) is 5.17. The molecule has 0 aliphatic carbocycles. The molecule has 4 rings (SSSR count). The molecule has 94 valence electrons. The number of hydrogen-bond donors (Lipinski definition) is 0. The Kier molecular flexibility index (Phi) is 2.21. The van der Waals surface area contributed by atoms with Crippen LogP contribution in [0.1, 0.15) is 46.5 Å². The van der Waals surface area contributed by atoms with Gasteiger partial charge in [0.1, 0.15) is 5.69 Å². The molecular weight excluding hydrogens is 236 g/mol. The number of nitrogens with zero attached hydrogens (tertiary/aromatic N) is 2. The zero-order valence-corrected chi connectivity index (χ0v) is 10.5. The van der Waals surface area contributed by atoms with E-state index in [0.717, 1.165) is 12.8 Å². The summed E-state index contributed by atoms with van der Waals surface area (Å²) >= 11 is 0. The van der Waals surface area contributed by atoms with E-state index in [9.17, 15) is 4.79 Å². The molecule has 2 aliphatic heterocycles. The van der Waals surface area contributed by atoms with Crippen LogP contribution in [-0.4, -0.2) is 15.8 Å². The molecule has 1 aromatic heterocycles. The van der Waals surface area contributed by atoms with Crippen molar-refractivity contribution in [3.63, 3.8) is 0 Å². The van der Waals surface area contributed by atoms with Gasteiger partial charge in [0.25, 0.3) is 5.91 Å². The average Bonchev–Trinajstić information content (AvgIpc) is 3.04. The van der Waals surface area contributed by atoms with Crippen molar-refractivity contribution in [2.24, 2.45) is 0 Å².